The van der Waals surface area contributed by atoms with Crippen LogP contribution >= 0.6 is 58.0 Å². The fourth-order valence-electron chi connectivity index (χ4n) is 9.00. The summed E-state index contributed by atoms with van der Waals surface area (Å²) in [5.41, 5.74) is 6.39. The molecule has 0 radical (unpaired) electrons. The lowest BCUT2D eigenvalue weighted by atomic mass is 10.2. The minimum Gasteiger partial charge on any atom is -0.393 e. The number of hydrogen-bond acceptors (Lipinski definition) is 17. The molecule has 464 valence electrons. The Kier molecular flexibility index (Phi) is 21.2. The summed E-state index contributed by atoms with van der Waals surface area (Å²) < 4.78 is 69.3. The van der Waals surface area contributed by atoms with E-state index in [4.69, 9.17) is 77.8 Å². The monoisotopic (exact) mass is 1310 g/mol. The van der Waals surface area contributed by atoms with Crippen molar-refractivity contribution in [1.82, 2.24) is 97.6 Å². The van der Waals surface area contributed by atoms with E-state index in [-0.39, 0.29) is 50.8 Å². The third-order valence-electron chi connectivity index (χ3n) is 14.4. The number of aliphatic hydroxyl groups is 1. The van der Waals surface area contributed by atoms with E-state index in [1.807, 2.05) is 39.4 Å². The van der Waals surface area contributed by atoms with Crippen LogP contribution in [-0.4, -0.2) is 135 Å². The number of anilines is 1. The van der Waals surface area contributed by atoms with Crippen molar-refractivity contribution in [2.24, 2.45) is 0 Å². The predicted molar refractivity (Wildman–Crippen MR) is 332 cm³/mol. The van der Waals surface area contributed by atoms with E-state index < -0.39 is 18.7 Å². The van der Waals surface area contributed by atoms with Crippen molar-refractivity contribution in [3.8, 4) is 11.6 Å². The van der Waals surface area contributed by atoms with Crippen molar-refractivity contribution < 1.29 is 27.4 Å². The first-order chi connectivity index (χ1) is 42.3. The molecule has 4 unspecified atom stereocenters. The molecule has 0 saturated carbocycles. The first kappa shape index (κ1) is 64.9. The molecule has 11 heterocycles. The molecule has 2 aromatic carbocycles. The lowest BCUT2D eigenvalue weighted by Crippen LogP contribution is -2.37. The number of morpholine rings is 1. The highest BCUT2D eigenvalue weighted by atomic mass is 35.5. The Morgan fingerprint density at radius 1 is 0.523 bits per heavy atom. The van der Waals surface area contributed by atoms with Gasteiger partial charge in [0.15, 0.2) is 67.2 Å². The Morgan fingerprint density at radius 3 is 1.44 bits per heavy atom. The Hall–Kier alpha value is -7.53. The molecule has 13 rings (SSSR count). The number of H-pyrrole nitrogens is 1. The molecule has 1 aliphatic heterocycles. The van der Waals surface area contributed by atoms with Crippen molar-refractivity contribution in [1.29, 1.82) is 0 Å². The first-order valence-electron chi connectivity index (χ1n) is 28.0. The van der Waals surface area contributed by atoms with Crippen LogP contribution in [-0.2, 0) is 4.74 Å². The third-order valence-corrected chi connectivity index (χ3v) is 15.4. The molecule has 1 saturated heterocycles. The summed E-state index contributed by atoms with van der Waals surface area (Å²) >= 11 is 29.0. The standard InChI is InChI=1S/C21H23F2N7O.C17H15ClF2N6.C9H10Cl2N4.C5H2Cl2N4.C4H10O/c1-3-13(2)29-12-24-16-18(29)26-21(28-8-10-31-11-9-28)27-19(16)30-15-7-5-4-6-14(15)25-20(30)17(22)23;1-3-9(2)25-8-21-12-14(25)23-17(18)24-15(12)26-11-7-5-4-6-10(11)22-16(26)13(19)20;1-3-5(2)15-4-12-6-7(10)13-9(11)14-8(6)15;6-3-2-4(9-1-8-2)11-5(7)10-3;1-3-4(2)5/h4-7,12-13,17H,3,8-11H2,1-2H3;4-9,13H,3H2,1-2H3;4-5H,3H2,1-2H3;1H,(H,8,9,10,11);4-5H,3H2,1-2H3. The molecule has 12 aromatic rings. The van der Waals surface area contributed by atoms with Gasteiger partial charge >= 0.3 is 0 Å². The zero-order valence-electron chi connectivity index (χ0n) is 48.8. The largest absolute Gasteiger partial charge is 0.393 e. The number of rotatable bonds is 12. The summed E-state index contributed by atoms with van der Waals surface area (Å²) in [7, 11) is 0. The molecule has 1 aliphatic rings. The molecular weight excluding hydrogens is 1250 g/mol. The maximum Gasteiger partial charge on any atom is 0.296 e. The molecule has 10 aromatic heterocycles. The average Bonchev–Trinajstić information content (AvgIpc) is 1.79. The fraction of sp³-hybridized carbons (Fsp3) is 0.393. The summed E-state index contributed by atoms with van der Waals surface area (Å²) in [6, 6.07) is 14.6. The Morgan fingerprint density at radius 2 is 0.955 bits per heavy atom. The second-order valence-electron chi connectivity index (χ2n) is 20.1. The lowest BCUT2D eigenvalue weighted by Gasteiger charge is -2.27. The number of nitrogens with zero attached hydrogens (tertiary/aromatic N) is 20. The van der Waals surface area contributed by atoms with Crippen molar-refractivity contribution >= 4 is 131 Å². The van der Waals surface area contributed by atoms with Gasteiger partial charge in [-0.05, 0) is 112 Å². The molecule has 23 nitrogen and oxygen atoms in total. The van der Waals surface area contributed by atoms with Gasteiger partial charge in [-0.2, -0.15) is 29.9 Å². The van der Waals surface area contributed by atoms with Crippen LogP contribution in [0.4, 0.5) is 23.5 Å². The van der Waals surface area contributed by atoms with Crippen LogP contribution in [0.2, 0.25) is 26.2 Å². The van der Waals surface area contributed by atoms with E-state index in [2.05, 4.69) is 92.5 Å². The molecule has 0 bridgehead atoms. The van der Waals surface area contributed by atoms with Gasteiger partial charge in [0.05, 0.1) is 66.7 Å². The second kappa shape index (κ2) is 28.7. The quantitative estimate of drug-likeness (QED) is 0.0655. The topological polar surface area (TPSA) is 254 Å². The van der Waals surface area contributed by atoms with E-state index in [1.54, 1.807) is 74.4 Å². The van der Waals surface area contributed by atoms with Crippen molar-refractivity contribution in [2.75, 3.05) is 31.2 Å². The van der Waals surface area contributed by atoms with Crippen LogP contribution in [0.15, 0.2) is 73.8 Å². The van der Waals surface area contributed by atoms with E-state index in [0.717, 1.165) is 25.7 Å². The molecule has 2 N–H and O–H groups in total. The number of hydrogen-bond donors (Lipinski definition) is 2. The van der Waals surface area contributed by atoms with Gasteiger partial charge in [0.2, 0.25) is 21.8 Å². The highest BCUT2D eigenvalue weighted by molar-refractivity contribution is 6.35. The number of fused-ring (bicyclic) bond motifs is 6. The second-order valence-corrected chi connectivity index (χ2v) is 21.9. The van der Waals surface area contributed by atoms with E-state index in [1.165, 1.54) is 15.5 Å². The van der Waals surface area contributed by atoms with E-state index in [0.29, 0.717) is 116 Å². The molecule has 0 spiro atoms. The van der Waals surface area contributed by atoms with Gasteiger partial charge in [0.25, 0.3) is 12.9 Å². The summed E-state index contributed by atoms with van der Waals surface area (Å²) in [5, 5.41) is 9.17. The maximum absolute atomic E-state index is 14.0. The number of imidazole rings is 6. The summed E-state index contributed by atoms with van der Waals surface area (Å²) in [6.45, 7) is 18.5. The first-order valence-corrected chi connectivity index (χ1v) is 29.9. The molecule has 4 atom stereocenters. The predicted octanol–water partition coefficient (Wildman–Crippen LogP) is 14.2. The minimum atomic E-state index is -2.78. The molecule has 1 fully saturated rings. The van der Waals surface area contributed by atoms with Crippen LogP contribution < -0.4 is 4.90 Å². The normalized spacial score (nSPS) is 14.0. The van der Waals surface area contributed by atoms with Crippen LogP contribution in [0.1, 0.15) is 124 Å². The number of halogens is 9. The fourth-order valence-corrected chi connectivity index (χ4v) is 10.0. The number of nitrogens with one attached hydrogen (secondary N) is 1. The van der Waals surface area contributed by atoms with Crippen molar-refractivity contribution in [3.63, 3.8) is 0 Å². The van der Waals surface area contributed by atoms with Gasteiger partial charge in [-0.25, -0.2) is 57.4 Å². The van der Waals surface area contributed by atoms with Crippen LogP contribution in [0.5, 0.6) is 0 Å². The summed E-state index contributed by atoms with van der Waals surface area (Å²) in [6.07, 6.45) is 4.49. The van der Waals surface area contributed by atoms with E-state index in [9.17, 15) is 17.6 Å². The number of benzene rings is 2. The Labute approximate surface area is 525 Å². The lowest BCUT2D eigenvalue weighted by molar-refractivity contribution is 0.122. The number of aromatic nitrogens is 20. The number of ether oxygens (including phenoxy) is 1. The molecule has 32 heteroatoms. The maximum atomic E-state index is 14.0. The average molecular weight is 1310 g/mol. The van der Waals surface area contributed by atoms with Crippen molar-refractivity contribution in [2.45, 2.75) is 118 Å². The summed E-state index contributed by atoms with van der Waals surface area (Å²) in [5.74, 6) is 0.241. The zero-order chi connectivity index (χ0) is 63.1. The number of aliphatic hydroxyl groups excluding tert-OH is 1. The van der Waals surface area contributed by atoms with E-state index >= 15 is 0 Å². The smallest absolute Gasteiger partial charge is 0.296 e. The van der Waals surface area contributed by atoms with Gasteiger partial charge in [0, 0.05) is 31.2 Å². The number of aromatic amines is 1. The van der Waals surface area contributed by atoms with Gasteiger partial charge in [0.1, 0.15) is 11.0 Å². The SMILES string of the molecule is CCC(C)O.CCC(C)n1cnc2c(-n3c(C(F)F)nc4ccccc43)nc(Cl)nc21.CCC(C)n1cnc2c(-n3c(C(F)F)nc4ccccc43)nc(N3CCOCC3)nc21.CCC(C)n1cnc2c(Cl)nc(Cl)nc21.Clc1nc(Cl)c2[nH]cnc2n1. The zero-order valence-corrected chi connectivity index (χ0v) is 52.5. The third kappa shape index (κ3) is 14.0. The molecule has 88 heavy (non-hydrogen) atoms. The highest BCUT2D eigenvalue weighted by Crippen LogP contribution is 2.34. The Balaban J connectivity index is 0.000000144. The molecular formula is C56H60Cl5F4N21O2. The number of para-hydroxylation sites is 4. The minimum absolute atomic E-state index is 0.0319. The molecule has 0 aliphatic carbocycles. The highest BCUT2D eigenvalue weighted by Gasteiger charge is 2.28. The molecule has 0 amide bonds. The van der Waals surface area contributed by atoms with Crippen LogP contribution in [0.25, 0.3) is 78.4 Å². The van der Waals surface area contributed by atoms with Gasteiger partial charge < -0.3 is 33.4 Å². The van der Waals surface area contributed by atoms with Gasteiger partial charge in [-0.3, -0.25) is 9.13 Å². The van der Waals surface area contributed by atoms with Gasteiger partial charge in [-0.1, -0.05) is 75.2 Å². The number of alkyl halides is 4. The Bertz CT molecular complexity index is 4340. The van der Waals surface area contributed by atoms with Crippen LogP contribution in [0.3, 0.4) is 0 Å². The summed E-state index contributed by atoms with van der Waals surface area (Å²) in [4.78, 5) is 63.5. The van der Waals surface area contributed by atoms with Crippen LogP contribution in [0, 0.1) is 0 Å². The van der Waals surface area contributed by atoms with Crippen molar-refractivity contribution in [3.05, 3.63) is 112 Å². The van der Waals surface area contributed by atoms with Gasteiger partial charge in [-0.15, -0.1) is 0 Å².